The number of benzene rings is 1. The molecule has 0 spiro atoms. The maximum atomic E-state index is 12.0. The highest BCUT2D eigenvalue weighted by atomic mass is 35.5. The van der Waals surface area contributed by atoms with Gasteiger partial charge in [0.25, 0.3) is 0 Å². The molecule has 0 aliphatic carbocycles. The second-order valence-corrected chi connectivity index (χ2v) is 6.73. The van der Waals surface area contributed by atoms with Crippen molar-refractivity contribution in [1.29, 1.82) is 0 Å². The number of thiophene rings is 1. The summed E-state index contributed by atoms with van der Waals surface area (Å²) < 4.78 is 10.4. The van der Waals surface area contributed by atoms with Crippen LogP contribution in [0.4, 0.5) is 5.69 Å². The monoisotopic (exact) mass is 357 g/mol. The largest absolute Gasteiger partial charge is 0.495 e. The Morgan fingerprint density at radius 1 is 1.32 bits per heavy atom. The van der Waals surface area contributed by atoms with E-state index in [4.69, 9.17) is 21.1 Å². The number of nitrogens with one attached hydrogen (secondary N) is 1. The molecular weight excluding hydrogens is 342 g/mol. The van der Waals surface area contributed by atoms with Gasteiger partial charge in [-0.05, 0) is 11.4 Å². The van der Waals surface area contributed by atoms with Crippen LogP contribution in [-0.2, 0) is 10.5 Å². The van der Waals surface area contributed by atoms with Crippen LogP contribution >= 0.6 is 34.7 Å². The smallest absolute Gasteiger partial charge is 0.234 e. The fourth-order valence-corrected chi connectivity index (χ4v) is 3.68. The molecule has 22 heavy (non-hydrogen) atoms. The fourth-order valence-electron chi connectivity index (χ4n) is 1.78. The third-order valence-corrected chi connectivity index (χ3v) is 5.14. The molecule has 0 aliphatic rings. The van der Waals surface area contributed by atoms with Crippen LogP contribution in [-0.4, -0.2) is 25.9 Å². The second-order valence-electron chi connectivity index (χ2n) is 4.31. The van der Waals surface area contributed by atoms with E-state index in [2.05, 4.69) is 11.4 Å². The quantitative estimate of drug-likeness (QED) is 0.803. The van der Waals surface area contributed by atoms with Crippen LogP contribution in [0.5, 0.6) is 11.5 Å². The topological polar surface area (TPSA) is 47.6 Å². The van der Waals surface area contributed by atoms with E-state index >= 15 is 0 Å². The Bertz CT molecular complexity index is 632. The molecule has 1 aromatic heterocycles. The van der Waals surface area contributed by atoms with Gasteiger partial charge < -0.3 is 14.8 Å². The fraction of sp³-hybridized carbons (Fsp3) is 0.267. The number of carbonyl (C=O) groups excluding carboxylic acids is 1. The summed E-state index contributed by atoms with van der Waals surface area (Å²) in [5.41, 5.74) is 0.547. The molecule has 0 unspecified atom stereocenters. The van der Waals surface area contributed by atoms with Crippen molar-refractivity contribution in [3.63, 3.8) is 0 Å². The molecule has 0 saturated heterocycles. The van der Waals surface area contributed by atoms with Gasteiger partial charge in [-0.2, -0.15) is 0 Å². The second kappa shape index (κ2) is 8.31. The van der Waals surface area contributed by atoms with E-state index in [1.165, 1.54) is 19.1 Å². The molecule has 0 fully saturated rings. The molecule has 0 atom stereocenters. The lowest BCUT2D eigenvalue weighted by molar-refractivity contribution is -0.113. The first-order valence-corrected chi connectivity index (χ1v) is 8.86. The number of hydrogen-bond acceptors (Lipinski definition) is 5. The highest BCUT2D eigenvalue weighted by molar-refractivity contribution is 7.99. The minimum Gasteiger partial charge on any atom is -0.495 e. The minimum atomic E-state index is -0.0933. The van der Waals surface area contributed by atoms with E-state index in [1.54, 1.807) is 35.2 Å². The van der Waals surface area contributed by atoms with E-state index in [0.29, 0.717) is 28.0 Å². The number of methoxy groups -OCH3 is 2. The molecule has 2 aromatic rings. The molecule has 7 heteroatoms. The molecule has 1 amide bonds. The van der Waals surface area contributed by atoms with Gasteiger partial charge in [0.1, 0.15) is 11.5 Å². The molecule has 0 bridgehead atoms. The van der Waals surface area contributed by atoms with Crippen LogP contribution in [0, 0.1) is 0 Å². The summed E-state index contributed by atoms with van der Waals surface area (Å²) in [5, 5.41) is 5.29. The van der Waals surface area contributed by atoms with E-state index in [1.807, 2.05) is 11.4 Å². The van der Waals surface area contributed by atoms with E-state index in [-0.39, 0.29) is 5.91 Å². The summed E-state index contributed by atoms with van der Waals surface area (Å²) in [6.45, 7) is 0. The summed E-state index contributed by atoms with van der Waals surface area (Å²) in [6, 6.07) is 7.34. The van der Waals surface area contributed by atoms with Crippen molar-refractivity contribution in [2.75, 3.05) is 25.3 Å². The predicted octanol–water partition coefficient (Wildman–Crippen LogP) is 4.29. The summed E-state index contributed by atoms with van der Waals surface area (Å²) in [6.07, 6.45) is 0. The third kappa shape index (κ3) is 4.56. The number of thioether (sulfide) groups is 1. The van der Waals surface area contributed by atoms with Gasteiger partial charge in [0.2, 0.25) is 5.91 Å². The number of halogens is 1. The average Bonchev–Trinajstić information content (AvgIpc) is 3.01. The number of anilines is 1. The van der Waals surface area contributed by atoms with Gasteiger partial charge in [-0.25, -0.2) is 0 Å². The molecule has 0 saturated carbocycles. The molecule has 0 radical (unpaired) electrons. The third-order valence-electron chi connectivity index (χ3n) is 2.81. The summed E-state index contributed by atoms with van der Waals surface area (Å²) in [4.78, 5) is 13.3. The minimum absolute atomic E-state index is 0.0933. The van der Waals surface area contributed by atoms with Gasteiger partial charge >= 0.3 is 0 Å². The van der Waals surface area contributed by atoms with Gasteiger partial charge in [0.15, 0.2) is 0 Å². The van der Waals surface area contributed by atoms with Gasteiger partial charge in [-0.15, -0.1) is 23.1 Å². The van der Waals surface area contributed by atoms with Crippen LogP contribution in [0.3, 0.4) is 0 Å². The molecule has 0 aliphatic heterocycles. The molecule has 1 aromatic carbocycles. The Balaban J connectivity index is 1.95. The SMILES string of the molecule is COc1cc(NC(=O)CSCc2cccs2)c(OC)cc1Cl. The standard InChI is InChI=1S/C15H16ClNO3S2/c1-19-13-7-12(14(20-2)6-11(13)16)17-15(18)9-21-8-10-4-3-5-22-10/h3-7H,8-9H2,1-2H3,(H,17,18). The van der Waals surface area contributed by atoms with Crippen molar-refractivity contribution in [3.05, 3.63) is 39.5 Å². The Kier molecular flexibility index (Phi) is 6.42. The average molecular weight is 358 g/mol. The van der Waals surface area contributed by atoms with Crippen LogP contribution in [0.2, 0.25) is 5.02 Å². The highest BCUT2D eigenvalue weighted by Crippen LogP contribution is 2.35. The Morgan fingerprint density at radius 2 is 2.09 bits per heavy atom. The van der Waals surface area contributed by atoms with Crippen LogP contribution in [0.15, 0.2) is 29.6 Å². The first-order valence-electron chi connectivity index (χ1n) is 6.45. The lowest BCUT2D eigenvalue weighted by Crippen LogP contribution is -2.15. The Morgan fingerprint density at radius 3 is 2.73 bits per heavy atom. The maximum Gasteiger partial charge on any atom is 0.234 e. The van der Waals surface area contributed by atoms with Gasteiger partial charge in [-0.3, -0.25) is 4.79 Å². The van der Waals surface area contributed by atoms with E-state index in [9.17, 15) is 4.79 Å². The zero-order valence-electron chi connectivity index (χ0n) is 12.2. The van der Waals surface area contributed by atoms with Crippen molar-refractivity contribution >= 4 is 46.3 Å². The molecule has 4 nitrogen and oxygen atoms in total. The molecular formula is C15H16ClNO3S2. The Hall–Kier alpha value is -1.37. The summed E-state index contributed by atoms with van der Waals surface area (Å²) in [7, 11) is 3.05. The van der Waals surface area contributed by atoms with Crippen LogP contribution < -0.4 is 14.8 Å². The normalized spacial score (nSPS) is 10.3. The van der Waals surface area contributed by atoms with Crippen molar-refractivity contribution < 1.29 is 14.3 Å². The summed E-state index contributed by atoms with van der Waals surface area (Å²) >= 11 is 9.29. The van der Waals surface area contributed by atoms with Crippen molar-refractivity contribution in [1.82, 2.24) is 0 Å². The number of amides is 1. The highest BCUT2D eigenvalue weighted by Gasteiger charge is 2.12. The van der Waals surface area contributed by atoms with Crippen molar-refractivity contribution in [2.45, 2.75) is 5.75 Å². The van der Waals surface area contributed by atoms with Gasteiger partial charge in [-0.1, -0.05) is 17.7 Å². The number of rotatable bonds is 7. The zero-order valence-corrected chi connectivity index (χ0v) is 14.6. The number of carbonyl (C=O) groups is 1. The van der Waals surface area contributed by atoms with Crippen molar-refractivity contribution in [2.24, 2.45) is 0 Å². The maximum absolute atomic E-state index is 12.0. The number of hydrogen-bond donors (Lipinski definition) is 1. The first-order chi connectivity index (χ1) is 10.6. The molecule has 1 N–H and O–H groups in total. The van der Waals surface area contributed by atoms with Gasteiger partial charge in [0.05, 0.1) is 30.7 Å². The van der Waals surface area contributed by atoms with Crippen LogP contribution in [0.1, 0.15) is 4.88 Å². The van der Waals surface area contributed by atoms with E-state index < -0.39 is 0 Å². The van der Waals surface area contributed by atoms with Crippen LogP contribution in [0.25, 0.3) is 0 Å². The molecule has 118 valence electrons. The first kappa shape index (κ1) is 17.0. The van der Waals surface area contributed by atoms with Crippen molar-refractivity contribution in [3.8, 4) is 11.5 Å². The molecule has 2 rings (SSSR count). The summed E-state index contributed by atoms with van der Waals surface area (Å²) in [5.74, 6) is 2.09. The molecule has 1 heterocycles. The lowest BCUT2D eigenvalue weighted by Gasteiger charge is -2.13. The Labute approximate surface area is 142 Å². The lowest BCUT2D eigenvalue weighted by atomic mass is 10.2. The number of ether oxygens (including phenoxy) is 2. The zero-order chi connectivity index (χ0) is 15.9. The van der Waals surface area contributed by atoms with Gasteiger partial charge in [0, 0.05) is 22.8 Å². The van der Waals surface area contributed by atoms with E-state index in [0.717, 1.165) is 5.75 Å². The predicted molar refractivity (Wildman–Crippen MR) is 93.7 cm³/mol.